The van der Waals surface area contributed by atoms with Crippen LogP contribution in [0.4, 0.5) is 9.93 Å². The van der Waals surface area contributed by atoms with Crippen LogP contribution in [0.15, 0.2) is 32.9 Å². The molecule has 5 atom stereocenters. The number of ether oxygens (including phenoxy) is 3. The van der Waals surface area contributed by atoms with Gasteiger partial charge in [-0.2, -0.15) is 0 Å². The molecule has 1 aliphatic heterocycles. The lowest BCUT2D eigenvalue weighted by atomic mass is 9.83. The number of thiazole rings is 1. The van der Waals surface area contributed by atoms with Crippen LogP contribution in [0.5, 0.6) is 5.75 Å². The maximum Gasteiger partial charge on any atom is 0.413 e. The van der Waals surface area contributed by atoms with Crippen LogP contribution in [0.2, 0.25) is 0 Å². The molecular weight excluding hydrogens is 512 g/mol. The molecule has 0 spiro atoms. The van der Waals surface area contributed by atoms with Crippen LogP contribution in [0.3, 0.4) is 0 Å². The van der Waals surface area contributed by atoms with E-state index in [9.17, 15) is 34.8 Å². The van der Waals surface area contributed by atoms with E-state index in [1.54, 1.807) is 5.38 Å². The van der Waals surface area contributed by atoms with Crippen LogP contribution in [-0.2, 0) is 14.2 Å². The minimum absolute atomic E-state index is 0.0427. The molecule has 1 amide bonds. The van der Waals surface area contributed by atoms with Gasteiger partial charge in [-0.25, -0.2) is 19.4 Å². The zero-order chi connectivity index (χ0) is 27.1. The third kappa shape index (κ3) is 4.65. The molecule has 1 aliphatic rings. The summed E-state index contributed by atoms with van der Waals surface area (Å²) < 4.78 is 22.2. The SMILES string of the molecule is CO[C@@H]1[C@H](OC(=O)Nc2nccs2)[C@@H](O)[C@H](c2ccc3c(O)c(C(=O)O)c(=O)oc3c2C)O[C@]1(C)CO. The van der Waals surface area contributed by atoms with Gasteiger partial charge in [-0.3, -0.25) is 5.32 Å². The van der Waals surface area contributed by atoms with E-state index in [0.717, 1.165) is 11.3 Å². The fraction of sp³-hybridized carbons (Fsp3) is 0.391. The molecule has 0 unspecified atom stereocenters. The number of aryl methyl sites for hydroxylation is 1. The predicted molar refractivity (Wildman–Crippen MR) is 128 cm³/mol. The highest BCUT2D eigenvalue weighted by molar-refractivity contribution is 7.13. The van der Waals surface area contributed by atoms with Gasteiger partial charge in [0.1, 0.15) is 35.2 Å². The van der Waals surface area contributed by atoms with Crippen molar-refractivity contribution in [2.45, 2.75) is 43.9 Å². The van der Waals surface area contributed by atoms with E-state index < -0.39 is 65.6 Å². The van der Waals surface area contributed by atoms with E-state index in [4.69, 9.17) is 18.6 Å². The number of aliphatic hydroxyl groups is 2. The van der Waals surface area contributed by atoms with E-state index in [1.807, 2.05) is 0 Å². The fourth-order valence-electron chi connectivity index (χ4n) is 4.44. The Bertz CT molecular complexity index is 1390. The van der Waals surface area contributed by atoms with E-state index >= 15 is 0 Å². The second-order valence-electron chi connectivity index (χ2n) is 8.56. The monoisotopic (exact) mass is 536 g/mol. The van der Waals surface area contributed by atoms with Gasteiger partial charge >= 0.3 is 17.7 Å². The number of methoxy groups -OCH3 is 1. The highest BCUT2D eigenvalue weighted by atomic mass is 32.1. The Hall–Kier alpha value is -3.56. The first kappa shape index (κ1) is 26.5. The number of carboxylic acid groups (broad SMARTS) is 1. The number of aromatic carboxylic acids is 1. The summed E-state index contributed by atoms with van der Waals surface area (Å²) in [5.74, 6) is -2.42. The molecule has 2 aromatic heterocycles. The van der Waals surface area contributed by atoms with Gasteiger partial charge in [0.05, 0.1) is 12.0 Å². The van der Waals surface area contributed by atoms with Gasteiger partial charge in [0.2, 0.25) is 0 Å². The average Bonchev–Trinajstić information content (AvgIpc) is 3.35. The maximum absolute atomic E-state index is 12.6. The number of nitrogens with zero attached hydrogens (tertiary/aromatic N) is 1. The number of hydrogen-bond acceptors (Lipinski definition) is 12. The molecule has 1 aromatic carbocycles. The summed E-state index contributed by atoms with van der Waals surface area (Å²) >= 11 is 1.16. The molecule has 5 N–H and O–H groups in total. The largest absolute Gasteiger partial charge is 0.506 e. The maximum atomic E-state index is 12.6. The lowest BCUT2D eigenvalue weighted by Gasteiger charge is -2.49. The molecule has 0 saturated carbocycles. The van der Waals surface area contributed by atoms with E-state index in [2.05, 4.69) is 10.3 Å². The molecule has 0 bridgehead atoms. The Kier molecular flexibility index (Phi) is 7.21. The Balaban J connectivity index is 1.77. The molecule has 3 heterocycles. The number of anilines is 1. The van der Waals surface area contributed by atoms with Crippen molar-refractivity contribution in [1.82, 2.24) is 4.98 Å². The second-order valence-corrected chi connectivity index (χ2v) is 9.46. The van der Waals surface area contributed by atoms with Crippen molar-refractivity contribution in [3.63, 3.8) is 0 Å². The summed E-state index contributed by atoms with van der Waals surface area (Å²) in [5.41, 5.74) is -3.24. The van der Waals surface area contributed by atoms with E-state index in [1.165, 1.54) is 39.3 Å². The third-order valence-electron chi connectivity index (χ3n) is 6.25. The first-order valence-electron chi connectivity index (χ1n) is 10.9. The zero-order valence-corrected chi connectivity index (χ0v) is 20.6. The molecule has 14 heteroatoms. The van der Waals surface area contributed by atoms with Gasteiger partial charge < -0.3 is 39.1 Å². The van der Waals surface area contributed by atoms with Crippen LogP contribution in [0.25, 0.3) is 11.0 Å². The summed E-state index contributed by atoms with van der Waals surface area (Å²) in [6, 6.07) is 2.75. The van der Waals surface area contributed by atoms with Gasteiger partial charge in [0.15, 0.2) is 16.8 Å². The molecule has 3 aromatic rings. The quantitative estimate of drug-likeness (QED) is 0.287. The molecule has 37 heavy (non-hydrogen) atoms. The first-order valence-corrected chi connectivity index (χ1v) is 11.8. The van der Waals surface area contributed by atoms with Crippen molar-refractivity contribution in [3.05, 3.63) is 50.8 Å². The number of aromatic hydroxyl groups is 1. The van der Waals surface area contributed by atoms with Crippen LogP contribution >= 0.6 is 11.3 Å². The van der Waals surface area contributed by atoms with Crippen LogP contribution in [0.1, 0.15) is 34.5 Å². The standard InChI is InChI=1S/C23H24N2O11S/c1-9-10(4-5-11-13(27)12(19(29)30)20(31)34-15(9)11)16-14(28)17(18(33-3)23(2,8-26)36-16)35-22(32)25-21-24-6-7-37-21/h4-7,14,16-18,26-28H,8H2,1-3H3,(H,29,30)(H,24,25,32)/t14-,16-,17+,18+,23+/m0/s1. The van der Waals surface area contributed by atoms with Crippen LogP contribution < -0.4 is 10.9 Å². The van der Waals surface area contributed by atoms with E-state index in [0.29, 0.717) is 0 Å². The number of rotatable bonds is 6. The van der Waals surface area contributed by atoms with Gasteiger partial charge in [0.25, 0.3) is 0 Å². The van der Waals surface area contributed by atoms with Crippen molar-refractivity contribution < 1.29 is 48.6 Å². The lowest BCUT2D eigenvalue weighted by Crippen LogP contribution is -2.63. The van der Waals surface area contributed by atoms with Gasteiger partial charge in [-0.1, -0.05) is 6.07 Å². The highest BCUT2D eigenvalue weighted by Gasteiger charge is 2.54. The second kappa shape index (κ2) is 10.1. The molecule has 198 valence electrons. The lowest BCUT2D eigenvalue weighted by molar-refractivity contribution is -0.278. The predicted octanol–water partition coefficient (Wildman–Crippen LogP) is 1.78. The van der Waals surface area contributed by atoms with E-state index in [-0.39, 0.29) is 27.2 Å². The number of carboxylic acids is 1. The molecule has 4 rings (SSSR count). The summed E-state index contributed by atoms with van der Waals surface area (Å²) in [7, 11) is 1.31. The van der Waals surface area contributed by atoms with Gasteiger partial charge in [-0.05, 0) is 31.0 Å². The molecule has 0 radical (unpaired) electrons. The normalized spacial score (nSPS) is 25.6. The number of aromatic nitrogens is 1. The van der Waals surface area contributed by atoms with Crippen molar-refractivity contribution >= 4 is 39.5 Å². The number of amides is 1. The van der Waals surface area contributed by atoms with Gasteiger partial charge in [-0.15, -0.1) is 11.3 Å². The number of hydrogen-bond donors (Lipinski definition) is 5. The Morgan fingerprint density at radius 1 is 1.32 bits per heavy atom. The number of fused-ring (bicyclic) bond motifs is 1. The molecule has 1 saturated heterocycles. The summed E-state index contributed by atoms with van der Waals surface area (Å²) in [5, 5.41) is 45.4. The number of carbonyl (C=O) groups is 2. The summed E-state index contributed by atoms with van der Waals surface area (Å²) in [6.45, 7) is 2.45. The highest BCUT2D eigenvalue weighted by Crippen LogP contribution is 2.43. The summed E-state index contributed by atoms with van der Waals surface area (Å²) in [6.07, 6.45) is -4.61. The molecule has 0 aliphatic carbocycles. The number of aliphatic hydroxyl groups excluding tert-OH is 2. The minimum atomic E-state index is -1.65. The first-order chi connectivity index (χ1) is 17.5. The smallest absolute Gasteiger partial charge is 0.413 e. The van der Waals surface area contributed by atoms with Crippen molar-refractivity contribution in [2.75, 3.05) is 19.0 Å². The topological polar surface area (TPSA) is 198 Å². The van der Waals surface area contributed by atoms with Crippen LogP contribution in [0, 0.1) is 6.92 Å². The molecular formula is C23H24N2O11S. The zero-order valence-electron chi connectivity index (χ0n) is 19.8. The Morgan fingerprint density at radius 3 is 2.65 bits per heavy atom. The third-order valence-corrected chi connectivity index (χ3v) is 6.94. The number of nitrogens with one attached hydrogen (secondary N) is 1. The van der Waals surface area contributed by atoms with Gasteiger partial charge in [0, 0.05) is 18.7 Å². The average molecular weight is 537 g/mol. The van der Waals surface area contributed by atoms with Crippen LogP contribution in [-0.4, -0.2) is 75.1 Å². The minimum Gasteiger partial charge on any atom is -0.506 e. The van der Waals surface area contributed by atoms with Crippen molar-refractivity contribution in [3.8, 4) is 5.75 Å². The number of carbonyl (C=O) groups excluding carboxylic acids is 1. The number of benzene rings is 1. The Labute approximate surface area is 212 Å². The van der Waals surface area contributed by atoms with Crippen molar-refractivity contribution in [1.29, 1.82) is 0 Å². The fourth-order valence-corrected chi connectivity index (χ4v) is 4.95. The summed E-state index contributed by atoms with van der Waals surface area (Å²) in [4.78, 5) is 40.1. The van der Waals surface area contributed by atoms with Crippen molar-refractivity contribution in [2.24, 2.45) is 0 Å². The molecule has 1 fully saturated rings. The molecule has 13 nitrogen and oxygen atoms in total. The Morgan fingerprint density at radius 2 is 2.05 bits per heavy atom.